The number of anilines is 1. The minimum atomic E-state index is -0.0432. The number of carbonyl (C=O) groups excluding carboxylic acids is 1. The molecule has 1 heterocycles. The standard InChI is InChI=1S/C20H21N3OS3/c24-18(13-25-17-12-6-8-14-7-4-5-11-16(14)17)21-19-22-23-20(27-19)26-15-9-2-1-3-10-15/h4-8,11-12,15H,1-3,9-10,13H2,(H,21,22,24). The van der Waals surface area contributed by atoms with E-state index in [9.17, 15) is 4.79 Å². The molecule has 4 nitrogen and oxygen atoms in total. The van der Waals surface area contributed by atoms with Crippen LogP contribution >= 0.6 is 34.9 Å². The highest BCUT2D eigenvalue weighted by atomic mass is 32.2. The molecule has 0 unspecified atom stereocenters. The fourth-order valence-corrected chi connectivity index (χ4v) is 6.40. The molecule has 0 atom stereocenters. The number of carbonyl (C=O) groups is 1. The fraction of sp³-hybridized carbons (Fsp3) is 0.350. The van der Waals surface area contributed by atoms with Crippen LogP contribution in [-0.2, 0) is 4.79 Å². The number of nitrogens with one attached hydrogen (secondary N) is 1. The maximum absolute atomic E-state index is 12.3. The molecule has 4 rings (SSSR count). The van der Waals surface area contributed by atoms with E-state index in [2.05, 4.69) is 39.8 Å². The van der Waals surface area contributed by atoms with Gasteiger partial charge in [-0.05, 0) is 29.7 Å². The van der Waals surface area contributed by atoms with Crippen molar-refractivity contribution < 1.29 is 4.79 Å². The number of rotatable bonds is 6. The van der Waals surface area contributed by atoms with E-state index < -0.39 is 0 Å². The number of nitrogens with zero attached hydrogens (tertiary/aromatic N) is 2. The summed E-state index contributed by atoms with van der Waals surface area (Å²) in [4.78, 5) is 13.4. The smallest absolute Gasteiger partial charge is 0.236 e. The van der Waals surface area contributed by atoms with Crippen molar-refractivity contribution in [2.24, 2.45) is 0 Å². The first-order chi connectivity index (χ1) is 13.3. The zero-order chi connectivity index (χ0) is 18.5. The quantitative estimate of drug-likeness (QED) is 0.404. The number of thioether (sulfide) groups is 2. The van der Waals surface area contributed by atoms with Gasteiger partial charge in [0.2, 0.25) is 11.0 Å². The van der Waals surface area contributed by atoms with Crippen LogP contribution < -0.4 is 5.32 Å². The highest BCUT2D eigenvalue weighted by Crippen LogP contribution is 2.36. The Morgan fingerprint density at radius 1 is 1.07 bits per heavy atom. The normalized spacial score (nSPS) is 15.1. The second-order valence-electron chi connectivity index (χ2n) is 6.57. The number of hydrogen-bond acceptors (Lipinski definition) is 6. The predicted molar refractivity (Wildman–Crippen MR) is 116 cm³/mol. The summed E-state index contributed by atoms with van der Waals surface area (Å²) in [5.41, 5.74) is 0. The van der Waals surface area contributed by atoms with Crippen molar-refractivity contribution in [2.75, 3.05) is 11.1 Å². The van der Waals surface area contributed by atoms with Gasteiger partial charge in [0.25, 0.3) is 0 Å². The van der Waals surface area contributed by atoms with E-state index in [4.69, 9.17) is 0 Å². The Morgan fingerprint density at radius 3 is 2.78 bits per heavy atom. The molecule has 1 fully saturated rings. The second-order valence-corrected chi connectivity index (χ2v) is 10.1. The molecule has 27 heavy (non-hydrogen) atoms. The van der Waals surface area contributed by atoms with Crippen LogP contribution in [-0.4, -0.2) is 27.1 Å². The molecule has 1 aliphatic rings. The molecule has 140 valence electrons. The van der Waals surface area contributed by atoms with Crippen LogP contribution in [0.1, 0.15) is 32.1 Å². The lowest BCUT2D eigenvalue weighted by atomic mass is 10.0. The minimum absolute atomic E-state index is 0.0432. The van der Waals surface area contributed by atoms with Crippen molar-refractivity contribution >= 4 is 56.7 Å². The molecule has 1 amide bonds. The van der Waals surface area contributed by atoms with E-state index in [1.54, 1.807) is 11.8 Å². The van der Waals surface area contributed by atoms with Crippen molar-refractivity contribution in [1.82, 2.24) is 10.2 Å². The van der Waals surface area contributed by atoms with Crippen LogP contribution in [0.3, 0.4) is 0 Å². The summed E-state index contributed by atoms with van der Waals surface area (Å²) < 4.78 is 0.957. The number of aromatic nitrogens is 2. The molecule has 1 aromatic heterocycles. The Labute approximate surface area is 171 Å². The van der Waals surface area contributed by atoms with Gasteiger partial charge in [-0.1, -0.05) is 78.8 Å². The van der Waals surface area contributed by atoms with Gasteiger partial charge in [-0.2, -0.15) is 0 Å². The molecule has 1 N–H and O–H groups in total. The van der Waals surface area contributed by atoms with Gasteiger partial charge in [0.15, 0.2) is 4.34 Å². The van der Waals surface area contributed by atoms with Crippen molar-refractivity contribution in [3.05, 3.63) is 42.5 Å². The van der Waals surface area contributed by atoms with Crippen LogP contribution in [0.2, 0.25) is 0 Å². The van der Waals surface area contributed by atoms with Crippen LogP contribution in [0.5, 0.6) is 0 Å². The summed E-state index contributed by atoms with van der Waals surface area (Å²) in [5, 5.41) is 14.9. The van der Waals surface area contributed by atoms with E-state index in [0.29, 0.717) is 16.1 Å². The molecule has 1 saturated carbocycles. The monoisotopic (exact) mass is 415 g/mol. The lowest BCUT2D eigenvalue weighted by Crippen LogP contribution is -2.13. The van der Waals surface area contributed by atoms with Crippen molar-refractivity contribution in [1.29, 1.82) is 0 Å². The van der Waals surface area contributed by atoms with E-state index in [-0.39, 0.29) is 5.91 Å². The molecule has 1 aliphatic carbocycles. The van der Waals surface area contributed by atoms with Gasteiger partial charge >= 0.3 is 0 Å². The topological polar surface area (TPSA) is 54.9 Å². The first kappa shape index (κ1) is 18.8. The van der Waals surface area contributed by atoms with Crippen molar-refractivity contribution in [3.63, 3.8) is 0 Å². The molecule has 0 aliphatic heterocycles. The Bertz CT molecular complexity index is 916. The third-order valence-electron chi connectivity index (χ3n) is 4.58. The number of benzene rings is 2. The third-order valence-corrected chi connectivity index (χ3v) is 7.91. The summed E-state index contributed by atoms with van der Waals surface area (Å²) in [6.07, 6.45) is 6.49. The predicted octanol–water partition coefficient (Wildman–Crippen LogP) is 5.85. The average molecular weight is 416 g/mol. The molecule has 0 saturated heterocycles. The van der Waals surface area contributed by atoms with E-state index in [0.717, 1.165) is 9.24 Å². The van der Waals surface area contributed by atoms with Gasteiger partial charge < -0.3 is 0 Å². The lowest BCUT2D eigenvalue weighted by Gasteiger charge is -2.19. The fourth-order valence-electron chi connectivity index (χ4n) is 3.25. The third kappa shape index (κ3) is 5.03. The second kappa shape index (κ2) is 9.08. The Kier molecular flexibility index (Phi) is 6.32. The highest BCUT2D eigenvalue weighted by molar-refractivity contribution is 8.01. The largest absolute Gasteiger partial charge is 0.300 e. The number of fused-ring (bicyclic) bond motifs is 1. The summed E-state index contributed by atoms with van der Waals surface area (Å²) in [7, 11) is 0. The maximum Gasteiger partial charge on any atom is 0.236 e. The SMILES string of the molecule is O=C(CSc1cccc2ccccc12)Nc1nnc(SC2CCCCC2)s1. The molecule has 2 aromatic carbocycles. The molecule has 0 spiro atoms. The highest BCUT2D eigenvalue weighted by Gasteiger charge is 2.17. The summed E-state index contributed by atoms with van der Waals surface area (Å²) in [5.74, 6) is 0.317. The van der Waals surface area contributed by atoms with Crippen molar-refractivity contribution in [3.8, 4) is 0 Å². The Balaban J connectivity index is 1.31. The molecule has 3 aromatic rings. The number of amides is 1. The van der Waals surface area contributed by atoms with Crippen LogP contribution in [0.4, 0.5) is 5.13 Å². The summed E-state index contributed by atoms with van der Waals surface area (Å²) in [6.45, 7) is 0. The molecule has 7 heteroatoms. The minimum Gasteiger partial charge on any atom is -0.300 e. The van der Waals surface area contributed by atoms with Gasteiger partial charge in [-0.3, -0.25) is 10.1 Å². The Morgan fingerprint density at radius 2 is 1.89 bits per heavy atom. The van der Waals surface area contributed by atoms with Gasteiger partial charge in [-0.25, -0.2) is 0 Å². The van der Waals surface area contributed by atoms with Crippen LogP contribution in [0.25, 0.3) is 10.8 Å². The number of hydrogen-bond donors (Lipinski definition) is 1. The molecule has 0 radical (unpaired) electrons. The first-order valence-electron chi connectivity index (χ1n) is 9.18. The summed E-state index contributed by atoms with van der Waals surface area (Å²) in [6, 6.07) is 14.4. The van der Waals surface area contributed by atoms with Crippen LogP contribution in [0.15, 0.2) is 51.7 Å². The van der Waals surface area contributed by atoms with Gasteiger partial charge in [0.05, 0.1) is 5.75 Å². The maximum atomic E-state index is 12.3. The average Bonchev–Trinajstić information content (AvgIpc) is 3.13. The van der Waals surface area contributed by atoms with Crippen LogP contribution in [0, 0.1) is 0 Å². The Hall–Kier alpha value is -1.57. The van der Waals surface area contributed by atoms with Gasteiger partial charge in [0.1, 0.15) is 0 Å². The van der Waals surface area contributed by atoms with Gasteiger partial charge in [0, 0.05) is 10.1 Å². The molecule has 0 bridgehead atoms. The van der Waals surface area contributed by atoms with E-state index in [1.807, 2.05) is 30.0 Å². The summed E-state index contributed by atoms with van der Waals surface area (Å²) >= 11 is 4.84. The zero-order valence-electron chi connectivity index (χ0n) is 14.9. The van der Waals surface area contributed by atoms with Crippen molar-refractivity contribution in [2.45, 2.75) is 46.6 Å². The molecular weight excluding hydrogens is 394 g/mol. The molecular formula is C20H21N3OS3. The van der Waals surface area contributed by atoms with E-state index >= 15 is 0 Å². The van der Waals surface area contributed by atoms with Gasteiger partial charge in [-0.15, -0.1) is 22.0 Å². The van der Waals surface area contributed by atoms with E-state index in [1.165, 1.54) is 54.2 Å². The lowest BCUT2D eigenvalue weighted by molar-refractivity contribution is -0.113. The first-order valence-corrected chi connectivity index (χ1v) is 11.9. The zero-order valence-corrected chi connectivity index (χ0v) is 17.3.